The summed E-state index contributed by atoms with van der Waals surface area (Å²) in [7, 11) is 0. The Balaban J connectivity index is 1.89. The molecule has 202 valence electrons. The fraction of sp³-hybridized carbons (Fsp3) is 0.154. The van der Waals surface area contributed by atoms with Gasteiger partial charge in [-0.1, -0.05) is 24.3 Å². The van der Waals surface area contributed by atoms with E-state index < -0.39 is 29.8 Å². The Morgan fingerprint density at radius 3 is 2.54 bits per heavy atom. The van der Waals surface area contributed by atoms with Gasteiger partial charge in [0.25, 0.3) is 11.5 Å². The summed E-state index contributed by atoms with van der Waals surface area (Å²) in [4.78, 5) is 29.1. The van der Waals surface area contributed by atoms with Gasteiger partial charge in [0.2, 0.25) is 0 Å². The number of nitrogens with zero attached hydrogens (tertiary/aromatic N) is 3. The Kier molecular flexibility index (Phi) is 8.40. The second kappa shape index (κ2) is 11.6. The first kappa shape index (κ1) is 28.3. The van der Waals surface area contributed by atoms with Crippen LogP contribution < -0.4 is 20.8 Å². The molecule has 0 bridgehead atoms. The average molecular weight is 668 g/mol. The van der Waals surface area contributed by atoms with Gasteiger partial charge in [-0.25, -0.2) is 4.98 Å². The lowest BCUT2D eigenvalue weighted by atomic mass is 10.1. The van der Waals surface area contributed by atoms with E-state index in [9.17, 15) is 22.8 Å². The molecule has 4 rings (SSSR count). The smallest absolute Gasteiger partial charge is 0.416 e. The number of hydrogen-bond donors (Lipinski definition) is 1. The largest absolute Gasteiger partial charge is 0.490 e. The van der Waals surface area contributed by atoms with Gasteiger partial charge in [0.1, 0.15) is 0 Å². The summed E-state index contributed by atoms with van der Waals surface area (Å²) >= 11 is 6.83. The van der Waals surface area contributed by atoms with E-state index in [1.54, 1.807) is 37.3 Å². The lowest BCUT2D eigenvalue weighted by Gasteiger charge is -2.16. The van der Waals surface area contributed by atoms with Crippen LogP contribution in [0, 0.1) is 0 Å². The van der Waals surface area contributed by atoms with Gasteiger partial charge in [0, 0.05) is 15.6 Å². The zero-order valence-corrected chi connectivity index (χ0v) is 23.3. The van der Waals surface area contributed by atoms with Crippen LogP contribution >= 0.6 is 31.9 Å². The number of carbonyl (C=O) groups is 1. The van der Waals surface area contributed by atoms with Crippen LogP contribution in [0.1, 0.15) is 18.1 Å². The third-order valence-corrected chi connectivity index (χ3v) is 7.47. The maximum Gasteiger partial charge on any atom is 0.416 e. The van der Waals surface area contributed by atoms with E-state index in [0.29, 0.717) is 20.0 Å². The molecule has 1 amide bonds. The summed E-state index contributed by atoms with van der Waals surface area (Å²) in [6.07, 6.45) is -3.27. The molecule has 0 saturated carbocycles. The number of hydrogen-bond acceptors (Lipinski definition) is 6. The zero-order valence-electron chi connectivity index (χ0n) is 20.1. The van der Waals surface area contributed by atoms with Gasteiger partial charge in [-0.2, -0.15) is 22.9 Å². The van der Waals surface area contributed by atoms with Crippen molar-refractivity contribution < 1.29 is 27.4 Å². The normalized spacial score (nSPS) is 11.7. The Labute approximate surface area is 236 Å². The van der Waals surface area contributed by atoms with Crippen LogP contribution in [-0.4, -0.2) is 35.0 Å². The molecule has 4 aromatic rings. The minimum atomic E-state index is -4.59. The molecular weight excluding hydrogens is 649 g/mol. The average Bonchev–Trinajstić information content (AvgIpc) is 2.90. The summed E-state index contributed by atoms with van der Waals surface area (Å²) < 4.78 is 53.2. The van der Waals surface area contributed by atoms with Crippen LogP contribution in [0.5, 0.6) is 11.5 Å². The topological polar surface area (TPSA) is 109 Å². The SMILES string of the molecule is CCOc1cc(C=Nn2c(-c3cccc(C(F)(F)F)c3)nc3ccccc3c2=O)c(Br)c(Br)c1OCC(N)=O. The molecule has 0 fully saturated rings. The third-order valence-electron chi connectivity index (χ3n) is 5.33. The molecule has 0 aliphatic carbocycles. The molecular formula is C26H19Br2F3N4O4. The number of fused-ring (bicyclic) bond motifs is 1. The lowest BCUT2D eigenvalue weighted by molar-refractivity contribution is -0.137. The maximum absolute atomic E-state index is 13.4. The van der Waals surface area contributed by atoms with Crippen molar-refractivity contribution >= 4 is 54.9 Å². The van der Waals surface area contributed by atoms with Crippen LogP contribution in [0.2, 0.25) is 0 Å². The van der Waals surface area contributed by atoms with Crippen LogP contribution in [0.4, 0.5) is 13.2 Å². The van der Waals surface area contributed by atoms with Crippen molar-refractivity contribution in [1.82, 2.24) is 9.66 Å². The molecule has 2 N–H and O–H groups in total. The molecule has 0 saturated heterocycles. The van der Waals surface area contributed by atoms with Gasteiger partial charge in [0.15, 0.2) is 23.9 Å². The van der Waals surface area contributed by atoms with Crippen molar-refractivity contribution in [2.24, 2.45) is 10.8 Å². The molecule has 1 aromatic heterocycles. The number of carbonyl (C=O) groups excluding carboxylic acids is 1. The molecule has 1 heterocycles. The zero-order chi connectivity index (χ0) is 28.3. The highest BCUT2D eigenvalue weighted by molar-refractivity contribution is 9.13. The predicted octanol–water partition coefficient (Wildman–Crippen LogP) is 5.75. The van der Waals surface area contributed by atoms with E-state index >= 15 is 0 Å². The fourth-order valence-electron chi connectivity index (χ4n) is 3.61. The van der Waals surface area contributed by atoms with Gasteiger partial charge >= 0.3 is 6.18 Å². The summed E-state index contributed by atoms with van der Waals surface area (Å²) in [5.74, 6) is -0.287. The van der Waals surface area contributed by atoms with Crippen LogP contribution in [0.25, 0.3) is 22.3 Å². The van der Waals surface area contributed by atoms with Gasteiger partial charge in [-0.05, 0) is 69.1 Å². The van der Waals surface area contributed by atoms with Crippen molar-refractivity contribution in [3.8, 4) is 22.9 Å². The van der Waals surface area contributed by atoms with E-state index in [2.05, 4.69) is 41.9 Å². The highest BCUT2D eigenvalue weighted by atomic mass is 79.9. The van der Waals surface area contributed by atoms with E-state index in [-0.39, 0.29) is 34.9 Å². The molecule has 39 heavy (non-hydrogen) atoms. The predicted molar refractivity (Wildman–Crippen MR) is 147 cm³/mol. The minimum absolute atomic E-state index is 0.0512. The second-order valence-electron chi connectivity index (χ2n) is 8.00. The number of amides is 1. The molecule has 3 aromatic carbocycles. The van der Waals surface area contributed by atoms with Crippen molar-refractivity contribution in [2.75, 3.05) is 13.2 Å². The number of nitrogens with two attached hydrogens (primary N) is 1. The Morgan fingerprint density at radius 1 is 1.10 bits per heavy atom. The summed E-state index contributed by atoms with van der Waals surface area (Å²) in [6, 6.07) is 12.5. The Bertz CT molecular complexity index is 1660. The monoisotopic (exact) mass is 666 g/mol. The first-order valence-corrected chi connectivity index (χ1v) is 12.9. The molecule has 0 aliphatic rings. The summed E-state index contributed by atoms with van der Waals surface area (Å²) in [5.41, 5.74) is 4.50. The van der Waals surface area contributed by atoms with Crippen molar-refractivity contribution in [3.05, 3.63) is 85.0 Å². The molecule has 0 spiro atoms. The molecule has 0 atom stereocenters. The van der Waals surface area contributed by atoms with E-state index in [4.69, 9.17) is 15.2 Å². The highest BCUT2D eigenvalue weighted by Gasteiger charge is 2.31. The quantitative estimate of drug-likeness (QED) is 0.241. The van der Waals surface area contributed by atoms with Crippen LogP contribution in [0.15, 0.2) is 73.4 Å². The number of ether oxygens (including phenoxy) is 2. The molecule has 0 unspecified atom stereocenters. The Hall–Kier alpha value is -3.71. The summed E-state index contributed by atoms with van der Waals surface area (Å²) in [6.45, 7) is 1.63. The van der Waals surface area contributed by atoms with Gasteiger partial charge in [-0.3, -0.25) is 9.59 Å². The number of alkyl halides is 3. The molecule has 8 nitrogen and oxygen atoms in total. The third kappa shape index (κ3) is 6.14. The minimum Gasteiger partial charge on any atom is -0.490 e. The van der Waals surface area contributed by atoms with Crippen LogP contribution in [-0.2, 0) is 11.0 Å². The maximum atomic E-state index is 13.4. The molecule has 13 heteroatoms. The van der Waals surface area contributed by atoms with E-state index in [0.717, 1.165) is 16.8 Å². The number of rotatable bonds is 8. The second-order valence-corrected chi connectivity index (χ2v) is 9.59. The number of aromatic nitrogens is 2. The standard InChI is InChI=1S/C26H19Br2F3N4O4/c1-2-38-19-11-15(21(27)22(28)23(19)39-13-20(32)36)12-33-35-24(14-6-5-7-16(10-14)26(29,30)31)34-18-9-4-3-8-17(18)25(35)37/h3-12H,2,13H2,1H3,(H2,32,36). The van der Waals surface area contributed by atoms with Crippen molar-refractivity contribution in [3.63, 3.8) is 0 Å². The summed E-state index contributed by atoms with van der Waals surface area (Å²) in [5, 5.41) is 4.55. The van der Waals surface area contributed by atoms with Gasteiger partial charge < -0.3 is 15.2 Å². The van der Waals surface area contributed by atoms with E-state index in [1.807, 2.05) is 0 Å². The van der Waals surface area contributed by atoms with Crippen molar-refractivity contribution in [2.45, 2.75) is 13.1 Å². The number of benzene rings is 3. The fourth-order valence-corrected chi connectivity index (χ4v) is 4.55. The molecule has 0 radical (unpaired) electrons. The first-order valence-electron chi connectivity index (χ1n) is 11.3. The van der Waals surface area contributed by atoms with Gasteiger partial charge in [-0.15, -0.1) is 0 Å². The first-order chi connectivity index (χ1) is 18.5. The highest BCUT2D eigenvalue weighted by Crippen LogP contribution is 2.42. The van der Waals surface area contributed by atoms with Crippen molar-refractivity contribution in [1.29, 1.82) is 0 Å². The van der Waals surface area contributed by atoms with Gasteiger partial charge in [0.05, 0.1) is 33.8 Å². The molecule has 0 aliphatic heterocycles. The number of halogens is 5. The van der Waals surface area contributed by atoms with E-state index in [1.165, 1.54) is 18.3 Å². The lowest BCUT2D eigenvalue weighted by Crippen LogP contribution is -2.21. The number of primary amides is 1. The van der Waals surface area contributed by atoms with Crippen LogP contribution in [0.3, 0.4) is 0 Å². The number of para-hydroxylation sites is 1. The Morgan fingerprint density at radius 2 is 1.85 bits per heavy atom.